The van der Waals surface area contributed by atoms with E-state index >= 15 is 0 Å². The van der Waals surface area contributed by atoms with Crippen LogP contribution in [0.4, 0.5) is 0 Å². The number of rotatable bonds is 19. The van der Waals surface area contributed by atoms with Crippen molar-refractivity contribution in [3.63, 3.8) is 0 Å². The van der Waals surface area contributed by atoms with Gasteiger partial charge in [0.25, 0.3) is 0 Å². The third kappa shape index (κ3) is 9.78. The molecule has 3 nitrogen and oxygen atoms in total. The lowest BCUT2D eigenvalue weighted by Gasteiger charge is -2.61. The van der Waals surface area contributed by atoms with Crippen molar-refractivity contribution in [3.05, 3.63) is 0 Å². The largest absolute Gasteiger partial charge is 0.458 e. The maximum atomic E-state index is 13.2. The van der Waals surface area contributed by atoms with Crippen LogP contribution in [0.15, 0.2) is 0 Å². The summed E-state index contributed by atoms with van der Waals surface area (Å²) in [6.45, 7) is 16.7. The molecule has 0 spiro atoms. The fraction of sp³-hybridized carbons (Fsp3) is 0.977. The fourth-order valence-electron chi connectivity index (χ4n) is 12.0. The summed E-state index contributed by atoms with van der Waals surface area (Å²) in [5.41, 5.74) is 1.03. The quantitative estimate of drug-likeness (QED) is 0.0796. The summed E-state index contributed by atoms with van der Waals surface area (Å²) in [5, 5.41) is 0. The van der Waals surface area contributed by atoms with Crippen molar-refractivity contribution in [3.8, 4) is 0 Å². The maximum Gasteiger partial charge on any atom is 0.362 e. The Bertz CT molecular complexity index is 912. The van der Waals surface area contributed by atoms with Gasteiger partial charge >= 0.3 is 5.97 Å². The van der Waals surface area contributed by atoms with Crippen LogP contribution in [0.2, 0.25) is 0 Å². The van der Waals surface area contributed by atoms with Crippen molar-refractivity contribution < 1.29 is 14.0 Å². The molecule has 0 unspecified atom stereocenters. The average molecular weight is 643 g/mol. The van der Waals surface area contributed by atoms with E-state index in [0.29, 0.717) is 17.4 Å². The predicted molar refractivity (Wildman–Crippen MR) is 197 cm³/mol. The van der Waals surface area contributed by atoms with Gasteiger partial charge < -0.3 is 9.22 Å². The number of carbonyl (C=O) groups is 1. The van der Waals surface area contributed by atoms with Gasteiger partial charge in [0.05, 0.1) is 20.6 Å². The van der Waals surface area contributed by atoms with Crippen LogP contribution in [0.25, 0.3) is 0 Å². The molecule has 4 fully saturated rings. The zero-order chi connectivity index (χ0) is 33.4. The number of carbonyl (C=O) groups excluding carboxylic acids is 1. The van der Waals surface area contributed by atoms with Crippen molar-refractivity contribution in [2.75, 3.05) is 27.2 Å². The zero-order valence-corrected chi connectivity index (χ0v) is 32.4. The maximum absolute atomic E-state index is 13.2. The highest BCUT2D eigenvalue weighted by Crippen LogP contribution is 2.68. The molecule has 4 aliphatic rings. The molecule has 0 aliphatic heterocycles. The Balaban J connectivity index is 1.19. The van der Waals surface area contributed by atoms with Crippen LogP contribution in [-0.4, -0.2) is 43.7 Å². The fourth-order valence-corrected chi connectivity index (χ4v) is 12.0. The van der Waals surface area contributed by atoms with Gasteiger partial charge in [-0.2, -0.15) is 0 Å². The molecule has 0 aromatic heterocycles. The number of hydrogen-bond acceptors (Lipinski definition) is 2. The highest BCUT2D eigenvalue weighted by Gasteiger charge is 2.60. The number of likely N-dealkylation sites (N-methyl/N-ethyl adjacent to an activating group) is 1. The van der Waals surface area contributed by atoms with Crippen molar-refractivity contribution in [2.45, 2.75) is 189 Å². The molecule has 0 aromatic rings. The molecule has 0 amide bonds. The van der Waals surface area contributed by atoms with E-state index in [9.17, 15) is 4.79 Å². The van der Waals surface area contributed by atoms with Gasteiger partial charge in [-0.15, -0.1) is 0 Å². The van der Waals surface area contributed by atoms with Gasteiger partial charge in [-0.05, 0) is 123 Å². The van der Waals surface area contributed by atoms with E-state index in [1.54, 1.807) is 0 Å². The van der Waals surface area contributed by atoms with Crippen LogP contribution in [-0.2, 0) is 9.53 Å². The molecule has 4 aliphatic carbocycles. The third-order valence-electron chi connectivity index (χ3n) is 14.8. The molecule has 46 heavy (non-hydrogen) atoms. The lowest BCUT2D eigenvalue weighted by molar-refractivity contribution is -0.883. The average Bonchev–Trinajstić information content (AvgIpc) is 3.35. The number of esters is 1. The van der Waals surface area contributed by atoms with E-state index in [1.165, 1.54) is 128 Å². The second-order valence-corrected chi connectivity index (χ2v) is 19.1. The number of unbranched alkanes of at least 4 members (excludes halogenated alkanes) is 9. The summed E-state index contributed by atoms with van der Waals surface area (Å²) in [4.78, 5) is 13.2. The Morgan fingerprint density at radius 2 is 1.37 bits per heavy atom. The van der Waals surface area contributed by atoms with Gasteiger partial charge in [0.2, 0.25) is 0 Å². The first-order valence-electron chi connectivity index (χ1n) is 20.9. The van der Waals surface area contributed by atoms with Crippen LogP contribution in [0, 0.1) is 52.3 Å². The Morgan fingerprint density at radius 1 is 0.739 bits per heavy atom. The molecular weight excluding hydrogens is 562 g/mol. The lowest BCUT2D eigenvalue weighted by atomic mass is 9.44. The second-order valence-electron chi connectivity index (χ2n) is 19.1. The number of hydrogen-bond donors (Lipinski definition) is 0. The van der Waals surface area contributed by atoms with E-state index in [2.05, 4.69) is 55.6 Å². The van der Waals surface area contributed by atoms with Gasteiger partial charge in [0, 0.05) is 0 Å². The van der Waals surface area contributed by atoms with Crippen molar-refractivity contribution in [1.82, 2.24) is 0 Å². The van der Waals surface area contributed by atoms with E-state index in [4.69, 9.17) is 4.74 Å². The predicted octanol–water partition coefficient (Wildman–Crippen LogP) is 12.0. The highest BCUT2D eigenvalue weighted by atomic mass is 16.5. The van der Waals surface area contributed by atoms with Crippen LogP contribution >= 0.6 is 0 Å². The van der Waals surface area contributed by atoms with Gasteiger partial charge in [-0.25, -0.2) is 4.79 Å². The van der Waals surface area contributed by atoms with Crippen LogP contribution in [0.5, 0.6) is 0 Å². The van der Waals surface area contributed by atoms with E-state index < -0.39 is 0 Å². The number of fused-ring (bicyclic) bond motifs is 5. The summed E-state index contributed by atoms with van der Waals surface area (Å²) in [6, 6.07) is 0. The number of quaternary nitrogens is 1. The molecule has 3 heteroatoms. The summed E-state index contributed by atoms with van der Waals surface area (Å²) < 4.78 is 7.04. The standard InChI is InChI=1S/C43H80NO2/c1-9-10-11-12-13-14-15-16-17-18-30-44(7,8)32-41(45)46-36-26-28-42(5)35(31-36)22-23-37-39-25-24-38(34(4)21-19-20-33(2)3)43(39,6)29-27-40(37)42/h33-40H,9-32H2,1-8H3/q+1/t34-,35+,36+,37+,38-,39+,40+,42+,43-/m1/s1. The van der Waals surface area contributed by atoms with Crippen molar-refractivity contribution in [1.29, 1.82) is 0 Å². The molecule has 9 atom stereocenters. The normalized spacial score (nSPS) is 35.0. The first-order chi connectivity index (χ1) is 21.9. The molecule has 268 valence electrons. The van der Waals surface area contributed by atoms with E-state index in [-0.39, 0.29) is 12.1 Å². The van der Waals surface area contributed by atoms with Gasteiger partial charge in [-0.1, -0.05) is 112 Å². The number of ether oxygens (including phenoxy) is 1. The van der Waals surface area contributed by atoms with Crippen LogP contribution in [0.1, 0.15) is 183 Å². The minimum absolute atomic E-state index is 0.0484. The van der Waals surface area contributed by atoms with Crippen molar-refractivity contribution >= 4 is 5.97 Å². The summed E-state index contributed by atoms with van der Waals surface area (Å²) in [6.07, 6.45) is 30.2. The van der Waals surface area contributed by atoms with Crippen LogP contribution < -0.4 is 0 Å². The van der Waals surface area contributed by atoms with Crippen molar-refractivity contribution in [2.24, 2.45) is 52.3 Å². The van der Waals surface area contributed by atoms with E-state index in [0.717, 1.165) is 65.3 Å². The summed E-state index contributed by atoms with van der Waals surface area (Å²) >= 11 is 0. The Kier molecular flexibility index (Phi) is 14.5. The molecule has 4 saturated carbocycles. The first kappa shape index (κ1) is 38.2. The van der Waals surface area contributed by atoms with Gasteiger partial charge in [-0.3, -0.25) is 0 Å². The van der Waals surface area contributed by atoms with Gasteiger partial charge in [0.1, 0.15) is 6.10 Å². The molecular formula is C43H80NO2+. The zero-order valence-electron chi connectivity index (χ0n) is 32.4. The Morgan fingerprint density at radius 3 is 2.04 bits per heavy atom. The Hall–Kier alpha value is -0.570. The first-order valence-corrected chi connectivity index (χ1v) is 20.9. The van der Waals surface area contributed by atoms with Crippen LogP contribution in [0.3, 0.4) is 0 Å². The molecule has 0 saturated heterocycles. The minimum atomic E-state index is 0.0484. The molecule has 0 aromatic carbocycles. The SMILES string of the molecule is CCCCCCCCCCCC[N+](C)(C)CC(=O)O[C@H]1CC[C@@]2(C)[C@@H](CC[C@@H]3[C@@H]2CC[C@]2(C)[C@@H]([C@H](C)CCCC(C)C)CC[C@@H]32)C1. The summed E-state index contributed by atoms with van der Waals surface area (Å²) in [7, 11) is 4.45. The monoisotopic (exact) mass is 643 g/mol. The third-order valence-corrected chi connectivity index (χ3v) is 14.8. The molecule has 0 bridgehead atoms. The van der Waals surface area contributed by atoms with E-state index in [1.807, 2.05) is 0 Å². The lowest BCUT2D eigenvalue weighted by Crippen LogP contribution is -2.54. The molecule has 0 N–H and O–H groups in total. The topological polar surface area (TPSA) is 26.3 Å². The number of nitrogens with zero attached hydrogens (tertiary/aromatic N) is 1. The summed E-state index contributed by atoms with van der Waals surface area (Å²) in [5.74, 6) is 6.25. The smallest absolute Gasteiger partial charge is 0.362 e. The Labute approximate surface area is 287 Å². The molecule has 4 rings (SSSR count). The minimum Gasteiger partial charge on any atom is -0.458 e. The molecule has 0 heterocycles. The molecule has 0 radical (unpaired) electrons. The van der Waals surface area contributed by atoms with Gasteiger partial charge in [0.15, 0.2) is 6.54 Å². The second kappa shape index (κ2) is 17.4. The highest BCUT2D eigenvalue weighted by molar-refractivity contribution is 5.70.